The highest BCUT2D eigenvalue weighted by atomic mass is 16.5. The second-order valence-corrected chi connectivity index (χ2v) is 5.93. The molecule has 0 saturated heterocycles. The molecule has 2 heterocycles. The average molecular weight is 324 g/mol. The van der Waals surface area contributed by atoms with Gasteiger partial charge in [0.1, 0.15) is 5.75 Å². The van der Waals surface area contributed by atoms with E-state index in [9.17, 15) is 0 Å². The zero-order valence-corrected chi connectivity index (χ0v) is 13.8. The zero-order valence-electron chi connectivity index (χ0n) is 13.8. The molecule has 7 nitrogen and oxygen atoms in total. The van der Waals surface area contributed by atoms with Crippen molar-refractivity contribution in [3.8, 4) is 5.75 Å². The van der Waals surface area contributed by atoms with Gasteiger partial charge in [0.05, 0.1) is 13.3 Å². The molecule has 1 saturated carbocycles. The summed E-state index contributed by atoms with van der Waals surface area (Å²) in [6.07, 6.45) is 4.35. The maximum Gasteiger partial charge on any atom is 0.228 e. The maximum absolute atomic E-state index is 5.18. The zero-order chi connectivity index (χ0) is 16.5. The van der Waals surface area contributed by atoms with Gasteiger partial charge in [-0.05, 0) is 36.5 Å². The SMILES string of the molecule is CNc1nc(NCc2ccc(OC)cc2)nc2c(C3CC3)cnn12. The molecule has 1 aliphatic rings. The first kappa shape index (κ1) is 14.7. The summed E-state index contributed by atoms with van der Waals surface area (Å²) in [7, 11) is 3.51. The van der Waals surface area contributed by atoms with Crippen LogP contribution in [-0.4, -0.2) is 33.7 Å². The first-order valence-electron chi connectivity index (χ1n) is 8.08. The number of rotatable bonds is 6. The van der Waals surface area contributed by atoms with Crippen molar-refractivity contribution in [1.82, 2.24) is 19.6 Å². The van der Waals surface area contributed by atoms with E-state index < -0.39 is 0 Å². The van der Waals surface area contributed by atoms with Gasteiger partial charge >= 0.3 is 0 Å². The predicted octanol–water partition coefficient (Wildman–Crippen LogP) is 2.66. The number of hydrogen-bond donors (Lipinski definition) is 2. The quantitative estimate of drug-likeness (QED) is 0.726. The van der Waals surface area contributed by atoms with E-state index in [0.717, 1.165) is 17.0 Å². The van der Waals surface area contributed by atoms with Crippen molar-refractivity contribution in [2.75, 3.05) is 24.8 Å². The van der Waals surface area contributed by atoms with Gasteiger partial charge in [-0.3, -0.25) is 0 Å². The number of ether oxygens (including phenoxy) is 1. The highest BCUT2D eigenvalue weighted by molar-refractivity contribution is 5.56. The van der Waals surface area contributed by atoms with E-state index >= 15 is 0 Å². The monoisotopic (exact) mass is 324 g/mol. The Morgan fingerprint density at radius 3 is 2.67 bits per heavy atom. The number of anilines is 2. The van der Waals surface area contributed by atoms with Crippen LogP contribution in [0.4, 0.5) is 11.9 Å². The molecule has 0 atom stereocenters. The van der Waals surface area contributed by atoms with Crippen molar-refractivity contribution < 1.29 is 4.74 Å². The van der Waals surface area contributed by atoms with E-state index in [0.29, 0.717) is 24.4 Å². The normalized spacial score (nSPS) is 13.9. The van der Waals surface area contributed by atoms with E-state index in [-0.39, 0.29) is 0 Å². The lowest BCUT2D eigenvalue weighted by molar-refractivity contribution is 0.414. The van der Waals surface area contributed by atoms with Crippen LogP contribution in [0.15, 0.2) is 30.5 Å². The molecule has 0 unspecified atom stereocenters. The number of benzene rings is 1. The molecule has 24 heavy (non-hydrogen) atoms. The minimum atomic E-state index is 0.594. The van der Waals surface area contributed by atoms with Crippen molar-refractivity contribution in [1.29, 1.82) is 0 Å². The number of fused-ring (bicyclic) bond motifs is 1. The molecule has 0 spiro atoms. The Morgan fingerprint density at radius 1 is 1.21 bits per heavy atom. The van der Waals surface area contributed by atoms with Crippen molar-refractivity contribution in [3.63, 3.8) is 0 Å². The van der Waals surface area contributed by atoms with Crippen molar-refractivity contribution in [2.24, 2.45) is 0 Å². The minimum Gasteiger partial charge on any atom is -0.497 e. The Labute approximate surface area is 140 Å². The molecule has 0 aliphatic heterocycles. The third-order valence-electron chi connectivity index (χ3n) is 4.25. The van der Waals surface area contributed by atoms with Gasteiger partial charge in [-0.15, -0.1) is 0 Å². The van der Waals surface area contributed by atoms with E-state index in [1.165, 1.54) is 18.4 Å². The fourth-order valence-corrected chi connectivity index (χ4v) is 2.74. The van der Waals surface area contributed by atoms with E-state index in [1.54, 1.807) is 11.6 Å². The maximum atomic E-state index is 5.18. The molecule has 0 radical (unpaired) electrons. The molecule has 2 aromatic heterocycles. The van der Waals surface area contributed by atoms with Gasteiger partial charge in [0.25, 0.3) is 0 Å². The van der Waals surface area contributed by atoms with Crippen LogP contribution in [0.5, 0.6) is 5.75 Å². The second-order valence-electron chi connectivity index (χ2n) is 5.93. The van der Waals surface area contributed by atoms with E-state index in [1.807, 2.05) is 37.5 Å². The summed E-state index contributed by atoms with van der Waals surface area (Å²) in [6, 6.07) is 7.94. The summed E-state index contributed by atoms with van der Waals surface area (Å²) in [6.45, 7) is 0.649. The number of nitrogens with zero attached hydrogens (tertiary/aromatic N) is 4. The van der Waals surface area contributed by atoms with Gasteiger partial charge in [0.15, 0.2) is 5.65 Å². The summed E-state index contributed by atoms with van der Waals surface area (Å²) in [5, 5.41) is 10.8. The molecule has 1 fully saturated rings. The Kier molecular flexibility index (Phi) is 3.68. The van der Waals surface area contributed by atoms with Crippen LogP contribution in [0, 0.1) is 0 Å². The van der Waals surface area contributed by atoms with E-state index in [4.69, 9.17) is 4.74 Å². The lowest BCUT2D eigenvalue weighted by Gasteiger charge is -2.09. The van der Waals surface area contributed by atoms with Crippen LogP contribution >= 0.6 is 0 Å². The van der Waals surface area contributed by atoms with Gasteiger partial charge in [-0.2, -0.15) is 19.6 Å². The third kappa shape index (κ3) is 2.73. The van der Waals surface area contributed by atoms with Crippen LogP contribution in [-0.2, 0) is 6.54 Å². The Bertz CT molecular complexity index is 853. The highest BCUT2D eigenvalue weighted by Crippen LogP contribution is 2.41. The predicted molar refractivity (Wildman–Crippen MR) is 92.6 cm³/mol. The number of hydrogen-bond acceptors (Lipinski definition) is 6. The first-order valence-corrected chi connectivity index (χ1v) is 8.08. The van der Waals surface area contributed by atoms with Crippen LogP contribution in [0.1, 0.15) is 29.9 Å². The Morgan fingerprint density at radius 2 is 2.00 bits per heavy atom. The van der Waals surface area contributed by atoms with Gasteiger partial charge in [-0.25, -0.2) is 0 Å². The van der Waals surface area contributed by atoms with E-state index in [2.05, 4.69) is 25.7 Å². The molecule has 4 rings (SSSR count). The van der Waals surface area contributed by atoms with Gasteiger partial charge in [-0.1, -0.05) is 12.1 Å². The number of nitrogens with one attached hydrogen (secondary N) is 2. The smallest absolute Gasteiger partial charge is 0.228 e. The van der Waals surface area contributed by atoms with Crippen molar-refractivity contribution in [2.45, 2.75) is 25.3 Å². The van der Waals surface area contributed by atoms with Crippen molar-refractivity contribution in [3.05, 3.63) is 41.6 Å². The summed E-state index contributed by atoms with van der Waals surface area (Å²) >= 11 is 0. The molecule has 7 heteroatoms. The van der Waals surface area contributed by atoms with Crippen LogP contribution in [0.25, 0.3) is 5.65 Å². The third-order valence-corrected chi connectivity index (χ3v) is 4.25. The number of aromatic nitrogens is 4. The molecule has 3 aromatic rings. The van der Waals surface area contributed by atoms with Crippen LogP contribution in [0.2, 0.25) is 0 Å². The summed E-state index contributed by atoms with van der Waals surface area (Å²) in [5.41, 5.74) is 3.23. The van der Waals surface area contributed by atoms with Gasteiger partial charge in [0.2, 0.25) is 11.9 Å². The Balaban J connectivity index is 1.59. The molecular formula is C17H20N6O. The average Bonchev–Trinajstić information content (AvgIpc) is 3.39. The van der Waals surface area contributed by atoms with Crippen LogP contribution in [0.3, 0.4) is 0 Å². The molecular weight excluding hydrogens is 304 g/mol. The highest BCUT2D eigenvalue weighted by Gasteiger charge is 2.28. The largest absolute Gasteiger partial charge is 0.497 e. The molecule has 1 aromatic carbocycles. The lowest BCUT2D eigenvalue weighted by Crippen LogP contribution is -2.10. The van der Waals surface area contributed by atoms with Crippen molar-refractivity contribution >= 4 is 17.5 Å². The Hall–Kier alpha value is -2.83. The number of methoxy groups -OCH3 is 1. The summed E-state index contributed by atoms with van der Waals surface area (Å²) in [4.78, 5) is 9.17. The standard InChI is InChI=1S/C17H20N6O/c1-18-17-22-16(19-9-11-3-7-13(24-2)8-4-11)21-15-14(12-5-6-12)10-20-23(15)17/h3-4,7-8,10,12H,5-6,9H2,1-2H3,(H2,18,19,21,22). The second kappa shape index (κ2) is 5.99. The fraction of sp³-hybridized carbons (Fsp3) is 0.353. The summed E-state index contributed by atoms with van der Waals surface area (Å²) in [5.74, 6) is 2.73. The minimum absolute atomic E-state index is 0.594. The van der Waals surface area contributed by atoms with Gasteiger partial charge in [0, 0.05) is 19.2 Å². The molecule has 0 amide bonds. The lowest BCUT2D eigenvalue weighted by atomic mass is 10.2. The molecule has 0 bridgehead atoms. The van der Waals surface area contributed by atoms with Gasteiger partial charge < -0.3 is 15.4 Å². The molecule has 1 aliphatic carbocycles. The molecule has 2 N–H and O–H groups in total. The fourth-order valence-electron chi connectivity index (χ4n) is 2.74. The van der Waals surface area contributed by atoms with Crippen LogP contribution < -0.4 is 15.4 Å². The molecule has 124 valence electrons. The summed E-state index contributed by atoms with van der Waals surface area (Å²) < 4.78 is 6.95. The first-order chi connectivity index (χ1) is 11.8. The topological polar surface area (TPSA) is 76.4 Å².